The van der Waals surface area contributed by atoms with E-state index in [0.717, 1.165) is 0 Å². The summed E-state index contributed by atoms with van der Waals surface area (Å²) in [5.74, 6) is -0.448. The highest BCUT2D eigenvalue weighted by Gasteiger charge is 2.24. The summed E-state index contributed by atoms with van der Waals surface area (Å²) in [6.45, 7) is 1.98. The summed E-state index contributed by atoms with van der Waals surface area (Å²) in [6, 6.07) is 21.1. The van der Waals surface area contributed by atoms with E-state index in [4.69, 9.17) is 0 Å². The summed E-state index contributed by atoms with van der Waals surface area (Å²) in [5, 5.41) is 0. The van der Waals surface area contributed by atoms with Crippen molar-refractivity contribution in [2.24, 2.45) is 0 Å². The van der Waals surface area contributed by atoms with E-state index in [1.165, 1.54) is 30.3 Å². The molecule has 1 aliphatic heterocycles. The first kappa shape index (κ1) is 20.9. The number of amides is 1. The number of carbonyl (C=O) groups is 1. The van der Waals surface area contributed by atoms with Crippen LogP contribution in [-0.4, -0.2) is 45.4 Å². The van der Waals surface area contributed by atoms with E-state index in [-0.39, 0.29) is 16.6 Å². The van der Waals surface area contributed by atoms with Crippen LogP contribution in [0, 0.1) is 5.82 Å². The van der Waals surface area contributed by atoms with Gasteiger partial charge in [-0.15, -0.1) is 0 Å². The molecule has 0 aliphatic carbocycles. The molecule has 1 N–H and O–H groups in total. The average Bonchev–Trinajstić information content (AvgIpc) is 2.80. The van der Waals surface area contributed by atoms with E-state index >= 15 is 0 Å². The van der Waals surface area contributed by atoms with Crippen LogP contribution in [0.25, 0.3) is 0 Å². The average molecular weight is 440 g/mol. The van der Waals surface area contributed by atoms with Gasteiger partial charge in [0, 0.05) is 37.4 Å². The lowest BCUT2D eigenvalue weighted by Crippen LogP contribution is -2.49. The number of nitrogens with one attached hydrogen (secondary N) is 1. The summed E-state index contributed by atoms with van der Waals surface area (Å²) in [4.78, 5) is 16.5. The third-order valence-electron chi connectivity index (χ3n) is 5.20. The highest BCUT2D eigenvalue weighted by molar-refractivity contribution is 7.92. The second-order valence-electron chi connectivity index (χ2n) is 7.23. The molecule has 8 heteroatoms. The van der Waals surface area contributed by atoms with Gasteiger partial charge in [0.2, 0.25) is 0 Å². The zero-order chi connectivity index (χ0) is 21.8. The van der Waals surface area contributed by atoms with Gasteiger partial charge < -0.3 is 9.80 Å². The molecule has 1 fully saturated rings. The quantitative estimate of drug-likeness (QED) is 0.660. The largest absolute Gasteiger partial charge is 0.366 e. The van der Waals surface area contributed by atoms with E-state index in [1.54, 1.807) is 53.4 Å². The first-order valence-electron chi connectivity index (χ1n) is 9.91. The lowest BCUT2D eigenvalue weighted by atomic mass is 10.1. The van der Waals surface area contributed by atoms with Crippen molar-refractivity contribution in [2.75, 3.05) is 35.8 Å². The van der Waals surface area contributed by atoms with Gasteiger partial charge in [0.25, 0.3) is 15.9 Å². The summed E-state index contributed by atoms with van der Waals surface area (Å²) in [6.07, 6.45) is 0. The zero-order valence-corrected chi connectivity index (χ0v) is 17.6. The molecule has 1 saturated heterocycles. The minimum absolute atomic E-state index is 0.0808. The minimum Gasteiger partial charge on any atom is -0.366 e. The van der Waals surface area contributed by atoms with Gasteiger partial charge in [-0.2, -0.15) is 0 Å². The highest BCUT2D eigenvalue weighted by atomic mass is 32.2. The van der Waals surface area contributed by atoms with E-state index < -0.39 is 10.0 Å². The molecule has 0 aromatic heterocycles. The second-order valence-corrected chi connectivity index (χ2v) is 8.91. The fourth-order valence-corrected chi connectivity index (χ4v) is 4.60. The fourth-order valence-electron chi connectivity index (χ4n) is 3.54. The number of para-hydroxylation sites is 2. The third-order valence-corrected chi connectivity index (χ3v) is 6.59. The number of nitrogens with zero attached hydrogens (tertiary/aromatic N) is 2. The molecule has 0 radical (unpaired) electrons. The number of piperazine rings is 1. The standard InChI is InChI=1S/C23H22FN3O3S/c24-21-8-4-5-9-22(21)26-14-16-27(17-15-26)23(28)18-10-12-20(13-11-18)31(29,30)25-19-6-2-1-3-7-19/h1-13,25H,14-17H2. The summed E-state index contributed by atoms with van der Waals surface area (Å²) in [5.41, 5.74) is 1.42. The molecule has 3 aromatic rings. The number of halogens is 1. The van der Waals surface area contributed by atoms with Crippen LogP contribution < -0.4 is 9.62 Å². The number of hydrogen-bond acceptors (Lipinski definition) is 4. The topological polar surface area (TPSA) is 69.7 Å². The fraction of sp³-hybridized carbons (Fsp3) is 0.174. The van der Waals surface area contributed by atoms with Crippen LogP contribution in [-0.2, 0) is 10.0 Å². The van der Waals surface area contributed by atoms with Gasteiger partial charge in [-0.1, -0.05) is 30.3 Å². The van der Waals surface area contributed by atoms with Crippen molar-refractivity contribution in [3.63, 3.8) is 0 Å². The van der Waals surface area contributed by atoms with E-state index in [1.807, 2.05) is 4.90 Å². The van der Waals surface area contributed by atoms with Crippen LogP contribution in [0.5, 0.6) is 0 Å². The van der Waals surface area contributed by atoms with Crippen LogP contribution in [0.2, 0.25) is 0 Å². The number of benzene rings is 3. The van der Waals surface area contributed by atoms with Gasteiger partial charge in [0.1, 0.15) is 5.82 Å². The molecule has 0 spiro atoms. The van der Waals surface area contributed by atoms with Crippen LogP contribution in [0.1, 0.15) is 10.4 Å². The molecule has 160 valence electrons. The number of carbonyl (C=O) groups excluding carboxylic acids is 1. The second kappa shape index (κ2) is 8.77. The smallest absolute Gasteiger partial charge is 0.261 e. The number of anilines is 2. The van der Waals surface area contributed by atoms with Crippen molar-refractivity contribution in [3.05, 3.63) is 90.2 Å². The van der Waals surface area contributed by atoms with Crippen molar-refractivity contribution in [2.45, 2.75) is 4.90 Å². The first-order chi connectivity index (χ1) is 14.9. The molecule has 0 bridgehead atoms. The number of sulfonamides is 1. The van der Waals surface area contributed by atoms with Crippen molar-refractivity contribution in [3.8, 4) is 0 Å². The molecule has 31 heavy (non-hydrogen) atoms. The molecule has 6 nitrogen and oxygen atoms in total. The maximum Gasteiger partial charge on any atom is 0.261 e. The summed E-state index contributed by atoms with van der Waals surface area (Å²) < 4.78 is 41.6. The molecule has 4 rings (SSSR count). The zero-order valence-electron chi connectivity index (χ0n) is 16.7. The van der Waals surface area contributed by atoms with Gasteiger partial charge in [0.15, 0.2) is 0 Å². The number of rotatable bonds is 5. The maximum absolute atomic E-state index is 14.0. The molecular weight excluding hydrogens is 417 g/mol. The van der Waals surface area contributed by atoms with Gasteiger partial charge in [0.05, 0.1) is 10.6 Å². The van der Waals surface area contributed by atoms with E-state index in [2.05, 4.69) is 4.72 Å². The Labute approximate surface area is 181 Å². The van der Waals surface area contributed by atoms with Crippen LogP contribution >= 0.6 is 0 Å². The van der Waals surface area contributed by atoms with Crippen molar-refractivity contribution >= 4 is 27.3 Å². The lowest BCUT2D eigenvalue weighted by Gasteiger charge is -2.36. The van der Waals surface area contributed by atoms with Crippen molar-refractivity contribution in [1.82, 2.24) is 4.90 Å². The maximum atomic E-state index is 14.0. The Morgan fingerprint density at radius 2 is 1.42 bits per heavy atom. The van der Waals surface area contributed by atoms with E-state index in [0.29, 0.717) is 43.1 Å². The molecule has 0 saturated carbocycles. The van der Waals surface area contributed by atoms with E-state index in [9.17, 15) is 17.6 Å². The Kier molecular flexibility index (Phi) is 5.90. The summed E-state index contributed by atoms with van der Waals surface area (Å²) >= 11 is 0. The van der Waals surface area contributed by atoms with Gasteiger partial charge in [-0.3, -0.25) is 9.52 Å². The predicted octanol–water partition coefficient (Wildman–Crippen LogP) is 3.59. The van der Waals surface area contributed by atoms with Gasteiger partial charge >= 0.3 is 0 Å². The Morgan fingerprint density at radius 1 is 0.806 bits per heavy atom. The SMILES string of the molecule is O=C(c1ccc(S(=O)(=O)Nc2ccccc2)cc1)N1CCN(c2ccccc2F)CC1. The lowest BCUT2D eigenvalue weighted by molar-refractivity contribution is 0.0746. The van der Waals surface area contributed by atoms with Crippen molar-refractivity contribution < 1.29 is 17.6 Å². The molecular formula is C23H22FN3O3S. The normalized spacial score (nSPS) is 14.4. The number of hydrogen-bond donors (Lipinski definition) is 1. The highest BCUT2D eigenvalue weighted by Crippen LogP contribution is 2.21. The Hall–Kier alpha value is -3.39. The van der Waals surface area contributed by atoms with Gasteiger partial charge in [-0.05, 0) is 48.5 Å². The molecule has 3 aromatic carbocycles. The molecule has 1 heterocycles. The molecule has 1 amide bonds. The molecule has 0 unspecified atom stereocenters. The van der Waals surface area contributed by atoms with Crippen LogP contribution in [0.4, 0.5) is 15.8 Å². The molecule has 0 atom stereocenters. The third kappa shape index (κ3) is 4.69. The van der Waals surface area contributed by atoms with Crippen LogP contribution in [0.15, 0.2) is 83.8 Å². The minimum atomic E-state index is -3.74. The predicted molar refractivity (Wildman–Crippen MR) is 118 cm³/mol. The monoisotopic (exact) mass is 439 g/mol. The first-order valence-corrected chi connectivity index (χ1v) is 11.4. The van der Waals surface area contributed by atoms with Crippen LogP contribution in [0.3, 0.4) is 0 Å². The summed E-state index contributed by atoms with van der Waals surface area (Å²) in [7, 11) is -3.74. The molecule has 1 aliphatic rings. The Bertz CT molecular complexity index is 1160. The van der Waals surface area contributed by atoms with Crippen molar-refractivity contribution in [1.29, 1.82) is 0 Å². The Morgan fingerprint density at radius 3 is 2.06 bits per heavy atom. The van der Waals surface area contributed by atoms with Gasteiger partial charge in [-0.25, -0.2) is 12.8 Å². The Balaban J connectivity index is 1.40.